The first-order valence-electron chi connectivity index (χ1n) is 6.93. The van der Waals surface area contributed by atoms with E-state index in [2.05, 4.69) is 11.9 Å². The molecule has 3 nitrogen and oxygen atoms in total. The average molecular weight is 273 g/mol. The van der Waals surface area contributed by atoms with Crippen LogP contribution in [0.3, 0.4) is 0 Å². The maximum Gasteiger partial charge on any atom is 0.114 e. The molecule has 1 fully saturated rings. The minimum Gasteiger partial charge on any atom is -0.389 e. The van der Waals surface area contributed by atoms with Gasteiger partial charge in [-0.3, -0.25) is 4.98 Å². The number of nitrogens with zero attached hydrogens (tertiary/aromatic N) is 2. The van der Waals surface area contributed by atoms with Crippen molar-refractivity contribution in [2.75, 3.05) is 5.73 Å². The smallest absolute Gasteiger partial charge is 0.114 e. The lowest BCUT2D eigenvalue weighted by atomic mass is 9.90. The standard InChI is InChI=1S/C15H19N3S/c1-10-7-8-17-9-12(10)13-14(16)19-15(18-13)11-5-3-2-4-6-11/h7-9,11H,2-6,16H2,1H3. The Kier molecular flexibility index (Phi) is 3.51. The van der Waals surface area contributed by atoms with Crippen molar-refractivity contribution in [2.24, 2.45) is 0 Å². The number of nitrogens with two attached hydrogens (primary N) is 1. The molecular formula is C15H19N3S. The molecule has 0 radical (unpaired) electrons. The highest BCUT2D eigenvalue weighted by molar-refractivity contribution is 7.16. The van der Waals surface area contributed by atoms with Crippen LogP contribution in [0.2, 0.25) is 0 Å². The maximum absolute atomic E-state index is 6.18. The van der Waals surface area contributed by atoms with Gasteiger partial charge in [-0.25, -0.2) is 4.98 Å². The van der Waals surface area contributed by atoms with Gasteiger partial charge >= 0.3 is 0 Å². The number of hydrogen-bond donors (Lipinski definition) is 1. The molecule has 0 aliphatic heterocycles. The van der Waals surface area contributed by atoms with Gasteiger partial charge in [0.2, 0.25) is 0 Å². The van der Waals surface area contributed by atoms with Gasteiger partial charge in [-0.2, -0.15) is 0 Å². The van der Waals surface area contributed by atoms with E-state index in [0.29, 0.717) is 5.92 Å². The molecule has 2 N–H and O–H groups in total. The lowest BCUT2D eigenvalue weighted by molar-refractivity contribution is 0.442. The van der Waals surface area contributed by atoms with Gasteiger partial charge < -0.3 is 5.73 Å². The van der Waals surface area contributed by atoms with Crippen molar-refractivity contribution in [1.82, 2.24) is 9.97 Å². The molecular weight excluding hydrogens is 254 g/mol. The molecule has 0 bridgehead atoms. The minimum atomic E-state index is 0.617. The lowest BCUT2D eigenvalue weighted by Gasteiger charge is -2.18. The van der Waals surface area contributed by atoms with E-state index in [0.717, 1.165) is 16.3 Å². The van der Waals surface area contributed by atoms with Crippen LogP contribution in [-0.2, 0) is 0 Å². The summed E-state index contributed by atoms with van der Waals surface area (Å²) in [6.45, 7) is 2.08. The Morgan fingerprint density at radius 1 is 1.26 bits per heavy atom. The summed E-state index contributed by atoms with van der Waals surface area (Å²) in [4.78, 5) is 9.01. The summed E-state index contributed by atoms with van der Waals surface area (Å²) >= 11 is 1.66. The number of aromatic nitrogens is 2. The molecule has 3 rings (SSSR count). The Labute approximate surface area is 117 Å². The molecule has 1 aliphatic carbocycles. The van der Waals surface area contributed by atoms with Crippen LogP contribution >= 0.6 is 11.3 Å². The Morgan fingerprint density at radius 3 is 2.79 bits per heavy atom. The Balaban J connectivity index is 1.95. The van der Waals surface area contributed by atoms with Crippen LogP contribution in [0.15, 0.2) is 18.5 Å². The molecule has 1 saturated carbocycles. The third-order valence-corrected chi connectivity index (χ3v) is 4.97. The van der Waals surface area contributed by atoms with Gasteiger partial charge in [0.15, 0.2) is 0 Å². The predicted octanol–water partition coefficient (Wildman–Crippen LogP) is 4.14. The summed E-state index contributed by atoms with van der Waals surface area (Å²) in [6.07, 6.45) is 10.2. The largest absolute Gasteiger partial charge is 0.389 e. The molecule has 0 atom stereocenters. The number of pyridine rings is 1. The summed E-state index contributed by atoms with van der Waals surface area (Å²) in [5.41, 5.74) is 9.35. The zero-order valence-corrected chi connectivity index (χ0v) is 12.0. The van der Waals surface area contributed by atoms with Gasteiger partial charge in [0.05, 0.1) is 5.01 Å². The maximum atomic E-state index is 6.18. The SMILES string of the molecule is Cc1ccncc1-c1nc(C2CCCCC2)sc1N. The van der Waals surface area contributed by atoms with Crippen LogP contribution in [0.25, 0.3) is 11.3 Å². The van der Waals surface area contributed by atoms with Crippen LogP contribution in [-0.4, -0.2) is 9.97 Å². The topological polar surface area (TPSA) is 51.8 Å². The molecule has 0 unspecified atom stereocenters. The van der Waals surface area contributed by atoms with E-state index < -0.39 is 0 Å². The third-order valence-electron chi connectivity index (χ3n) is 3.92. The van der Waals surface area contributed by atoms with Gasteiger partial charge in [-0.15, -0.1) is 11.3 Å². The van der Waals surface area contributed by atoms with E-state index in [1.807, 2.05) is 18.5 Å². The van der Waals surface area contributed by atoms with Crippen molar-refractivity contribution < 1.29 is 0 Å². The first kappa shape index (κ1) is 12.6. The normalized spacial score (nSPS) is 16.7. The average Bonchev–Trinajstić information content (AvgIpc) is 2.82. The molecule has 0 aromatic carbocycles. The van der Waals surface area contributed by atoms with Crippen molar-refractivity contribution in [1.29, 1.82) is 0 Å². The van der Waals surface area contributed by atoms with E-state index in [-0.39, 0.29) is 0 Å². The fraction of sp³-hybridized carbons (Fsp3) is 0.467. The van der Waals surface area contributed by atoms with Crippen LogP contribution in [0.4, 0.5) is 5.00 Å². The summed E-state index contributed by atoms with van der Waals surface area (Å²) in [5.74, 6) is 0.617. The molecule has 100 valence electrons. The van der Waals surface area contributed by atoms with E-state index in [9.17, 15) is 0 Å². The molecule has 0 amide bonds. The zero-order valence-electron chi connectivity index (χ0n) is 11.2. The number of nitrogen functional groups attached to an aromatic ring is 1. The van der Waals surface area contributed by atoms with Gasteiger partial charge in [-0.05, 0) is 31.4 Å². The lowest BCUT2D eigenvalue weighted by Crippen LogP contribution is -2.03. The minimum absolute atomic E-state index is 0.617. The van der Waals surface area contributed by atoms with Crippen LogP contribution in [0.5, 0.6) is 0 Å². The number of thiazole rings is 1. The second-order valence-electron chi connectivity index (χ2n) is 5.29. The van der Waals surface area contributed by atoms with E-state index in [4.69, 9.17) is 10.7 Å². The Bertz CT molecular complexity index is 571. The van der Waals surface area contributed by atoms with Crippen molar-refractivity contribution >= 4 is 16.3 Å². The van der Waals surface area contributed by atoms with Gasteiger partial charge in [0.25, 0.3) is 0 Å². The number of aryl methyl sites for hydroxylation is 1. The fourth-order valence-corrected chi connectivity index (χ4v) is 3.80. The zero-order chi connectivity index (χ0) is 13.2. The molecule has 0 spiro atoms. The quantitative estimate of drug-likeness (QED) is 0.894. The van der Waals surface area contributed by atoms with Crippen molar-refractivity contribution in [2.45, 2.75) is 44.9 Å². The summed E-state index contributed by atoms with van der Waals surface area (Å²) in [7, 11) is 0. The van der Waals surface area contributed by atoms with E-state index in [1.54, 1.807) is 11.3 Å². The monoisotopic (exact) mass is 273 g/mol. The Hall–Kier alpha value is -1.42. The first-order chi connectivity index (χ1) is 9.25. The summed E-state index contributed by atoms with van der Waals surface area (Å²) in [5, 5.41) is 2.05. The van der Waals surface area contributed by atoms with Crippen LogP contribution in [0.1, 0.15) is 48.6 Å². The number of rotatable bonds is 2. The second-order valence-corrected chi connectivity index (χ2v) is 6.35. The molecule has 2 aromatic heterocycles. The van der Waals surface area contributed by atoms with Gasteiger partial charge in [0.1, 0.15) is 10.7 Å². The molecule has 4 heteroatoms. The Morgan fingerprint density at radius 2 is 2.05 bits per heavy atom. The number of hydrogen-bond acceptors (Lipinski definition) is 4. The van der Waals surface area contributed by atoms with Crippen molar-refractivity contribution in [3.8, 4) is 11.3 Å². The molecule has 2 aromatic rings. The third kappa shape index (κ3) is 2.50. The highest BCUT2D eigenvalue weighted by atomic mass is 32.1. The fourth-order valence-electron chi connectivity index (χ4n) is 2.78. The van der Waals surface area contributed by atoms with Crippen LogP contribution < -0.4 is 5.73 Å². The number of anilines is 1. The molecule has 2 heterocycles. The van der Waals surface area contributed by atoms with Crippen molar-refractivity contribution in [3.05, 3.63) is 29.0 Å². The second kappa shape index (κ2) is 5.29. The molecule has 0 saturated heterocycles. The highest BCUT2D eigenvalue weighted by Crippen LogP contribution is 2.40. The van der Waals surface area contributed by atoms with E-state index in [1.165, 1.54) is 42.7 Å². The summed E-state index contributed by atoms with van der Waals surface area (Å²) in [6, 6.07) is 2.01. The van der Waals surface area contributed by atoms with Crippen LogP contribution in [0, 0.1) is 6.92 Å². The molecule has 1 aliphatic rings. The summed E-state index contributed by atoms with van der Waals surface area (Å²) < 4.78 is 0. The van der Waals surface area contributed by atoms with Gasteiger partial charge in [-0.1, -0.05) is 19.3 Å². The van der Waals surface area contributed by atoms with E-state index >= 15 is 0 Å². The highest BCUT2D eigenvalue weighted by Gasteiger charge is 2.21. The van der Waals surface area contributed by atoms with Gasteiger partial charge in [0, 0.05) is 23.9 Å². The molecule has 19 heavy (non-hydrogen) atoms. The first-order valence-corrected chi connectivity index (χ1v) is 7.74. The van der Waals surface area contributed by atoms with Crippen molar-refractivity contribution in [3.63, 3.8) is 0 Å². The predicted molar refractivity (Wildman–Crippen MR) is 80.3 cm³/mol.